The van der Waals surface area contributed by atoms with Gasteiger partial charge in [0.1, 0.15) is 11.6 Å². The Morgan fingerprint density at radius 3 is 2.48 bits per heavy atom. The maximum Gasteiger partial charge on any atom is 0.261 e. The Balaban J connectivity index is 1.49. The van der Waals surface area contributed by atoms with Crippen LogP contribution in [0, 0.1) is 5.82 Å². The molecular weight excluding hydrogens is 445 g/mol. The predicted octanol–water partition coefficient (Wildman–Crippen LogP) is 2.48. The first-order chi connectivity index (χ1) is 15.9. The number of nitrogens with two attached hydrogens (primary N) is 1. The van der Waals surface area contributed by atoms with Crippen molar-refractivity contribution in [1.29, 1.82) is 0 Å². The van der Waals surface area contributed by atoms with Crippen molar-refractivity contribution in [2.24, 2.45) is 10.7 Å². The summed E-state index contributed by atoms with van der Waals surface area (Å²) in [4.78, 5) is 10.7. The van der Waals surface area contributed by atoms with Crippen molar-refractivity contribution in [3.05, 3.63) is 108 Å². The van der Waals surface area contributed by atoms with E-state index < -0.39 is 22.0 Å². The summed E-state index contributed by atoms with van der Waals surface area (Å²) in [6, 6.07) is 16.8. The van der Waals surface area contributed by atoms with Gasteiger partial charge < -0.3 is 15.1 Å². The van der Waals surface area contributed by atoms with E-state index in [2.05, 4.69) is 14.7 Å². The van der Waals surface area contributed by atoms with Gasteiger partial charge in [0.05, 0.1) is 16.4 Å². The van der Waals surface area contributed by atoms with Crippen LogP contribution in [-0.4, -0.2) is 13.4 Å². The number of halogens is 1. The fourth-order valence-corrected chi connectivity index (χ4v) is 4.64. The molecule has 0 radical (unpaired) electrons. The molecule has 0 saturated carbocycles. The van der Waals surface area contributed by atoms with Gasteiger partial charge in [-0.05, 0) is 60.7 Å². The molecule has 10 heteroatoms. The fourth-order valence-electron chi connectivity index (χ4n) is 3.58. The van der Waals surface area contributed by atoms with Crippen LogP contribution in [0.2, 0.25) is 0 Å². The molecule has 166 valence electrons. The average Bonchev–Trinajstić information content (AvgIpc) is 3.30. The zero-order valence-electron chi connectivity index (χ0n) is 17.1. The molecule has 2 aromatic heterocycles. The molecule has 33 heavy (non-hydrogen) atoms. The smallest absolute Gasteiger partial charge is 0.261 e. The van der Waals surface area contributed by atoms with Gasteiger partial charge in [-0.15, -0.1) is 0 Å². The standard InChI is InChI=1S/C23H18FN5O3S/c24-16-3-9-19(10-4-16)33(30,31)28-17-5-7-18(8-6-17)29-21(25)20-11-13-32-23(20)27-22(29)15-2-1-12-26-14-15/h1-14,22,28H,25H2. The lowest BCUT2D eigenvalue weighted by atomic mass is 10.1. The van der Waals surface area contributed by atoms with Gasteiger partial charge >= 0.3 is 0 Å². The van der Waals surface area contributed by atoms with Crippen molar-refractivity contribution in [2.45, 2.75) is 11.1 Å². The number of fused-ring (bicyclic) bond motifs is 1. The maximum absolute atomic E-state index is 13.1. The Hall–Kier alpha value is -4.18. The third kappa shape index (κ3) is 3.92. The van der Waals surface area contributed by atoms with Crippen LogP contribution in [0.5, 0.6) is 0 Å². The Morgan fingerprint density at radius 1 is 1.03 bits per heavy atom. The Kier molecular flexibility index (Phi) is 5.06. The number of hydrogen-bond donors (Lipinski definition) is 2. The minimum Gasteiger partial charge on any atom is -0.446 e. The fraction of sp³-hybridized carbons (Fsp3) is 0.0435. The van der Waals surface area contributed by atoms with Crippen LogP contribution >= 0.6 is 0 Å². The van der Waals surface area contributed by atoms with E-state index in [1.54, 1.807) is 42.7 Å². The first-order valence-corrected chi connectivity index (χ1v) is 11.4. The number of hydrogen-bond acceptors (Lipinski definition) is 7. The van der Waals surface area contributed by atoms with Crippen molar-refractivity contribution in [1.82, 2.24) is 4.98 Å². The van der Waals surface area contributed by atoms with E-state index in [1.165, 1.54) is 18.4 Å². The van der Waals surface area contributed by atoms with Crippen LogP contribution < -0.4 is 26.1 Å². The van der Waals surface area contributed by atoms with Crippen LogP contribution in [0.15, 0.2) is 99.7 Å². The van der Waals surface area contributed by atoms with E-state index in [4.69, 9.17) is 10.2 Å². The van der Waals surface area contributed by atoms with Crippen LogP contribution in [0.25, 0.3) is 5.82 Å². The quantitative estimate of drug-likeness (QED) is 0.470. The molecule has 0 fully saturated rings. The number of furan rings is 1. The van der Waals surface area contributed by atoms with E-state index in [9.17, 15) is 12.8 Å². The zero-order valence-corrected chi connectivity index (χ0v) is 17.9. The van der Waals surface area contributed by atoms with Crippen molar-refractivity contribution < 1.29 is 17.2 Å². The molecule has 3 heterocycles. The molecule has 1 aliphatic heterocycles. The molecular formula is C23H18FN5O3S. The second kappa shape index (κ2) is 8.06. The van der Waals surface area contributed by atoms with Gasteiger partial charge in [-0.3, -0.25) is 9.71 Å². The van der Waals surface area contributed by atoms with Gasteiger partial charge in [-0.1, -0.05) is 6.07 Å². The summed E-state index contributed by atoms with van der Waals surface area (Å²) in [5.41, 5.74) is 8.76. The summed E-state index contributed by atoms with van der Waals surface area (Å²) in [7, 11) is -3.86. The lowest BCUT2D eigenvalue weighted by Gasteiger charge is -2.32. The van der Waals surface area contributed by atoms with Gasteiger partial charge in [-0.2, -0.15) is 0 Å². The van der Waals surface area contributed by atoms with E-state index in [-0.39, 0.29) is 4.90 Å². The Labute approximate surface area is 188 Å². The molecule has 4 aromatic rings. The molecule has 1 atom stereocenters. The zero-order chi connectivity index (χ0) is 23.0. The van der Waals surface area contributed by atoms with E-state index in [0.717, 1.165) is 17.7 Å². The lowest BCUT2D eigenvalue weighted by Crippen LogP contribution is -2.43. The van der Waals surface area contributed by atoms with Gasteiger partial charge in [0.2, 0.25) is 5.55 Å². The summed E-state index contributed by atoms with van der Waals surface area (Å²) >= 11 is 0. The summed E-state index contributed by atoms with van der Waals surface area (Å²) < 4.78 is 46.3. The maximum atomic E-state index is 13.1. The molecule has 0 amide bonds. The molecule has 5 rings (SSSR count). The largest absolute Gasteiger partial charge is 0.446 e. The number of aromatic nitrogens is 1. The van der Waals surface area contributed by atoms with Crippen molar-refractivity contribution >= 4 is 27.2 Å². The van der Waals surface area contributed by atoms with Gasteiger partial charge in [0.25, 0.3) is 10.0 Å². The normalized spacial score (nSPS) is 15.6. The van der Waals surface area contributed by atoms with E-state index >= 15 is 0 Å². The Bertz CT molecular complexity index is 1520. The second-order valence-electron chi connectivity index (χ2n) is 7.29. The number of rotatable bonds is 5. The van der Waals surface area contributed by atoms with Gasteiger partial charge in [0, 0.05) is 29.3 Å². The summed E-state index contributed by atoms with van der Waals surface area (Å²) in [6.07, 6.45) is 4.38. The molecule has 1 aliphatic rings. The minimum atomic E-state index is -3.86. The van der Waals surface area contributed by atoms with Crippen molar-refractivity contribution in [3.8, 4) is 0 Å². The molecule has 1 unspecified atom stereocenters. The number of pyridine rings is 1. The number of benzene rings is 2. The van der Waals surface area contributed by atoms with Crippen LogP contribution in [-0.2, 0) is 10.0 Å². The molecule has 0 saturated heterocycles. The number of nitrogens with zero attached hydrogens (tertiary/aromatic N) is 3. The summed E-state index contributed by atoms with van der Waals surface area (Å²) in [5.74, 6) is -0.0646. The highest BCUT2D eigenvalue weighted by Crippen LogP contribution is 2.32. The predicted molar refractivity (Wildman–Crippen MR) is 120 cm³/mol. The molecule has 8 nitrogen and oxygen atoms in total. The number of sulfonamides is 1. The molecule has 3 N–H and O–H groups in total. The highest BCUT2D eigenvalue weighted by molar-refractivity contribution is 7.92. The number of anilines is 2. The van der Waals surface area contributed by atoms with Crippen molar-refractivity contribution in [2.75, 3.05) is 9.62 Å². The highest BCUT2D eigenvalue weighted by Gasteiger charge is 2.27. The highest BCUT2D eigenvalue weighted by atomic mass is 32.2. The molecule has 2 aromatic carbocycles. The second-order valence-corrected chi connectivity index (χ2v) is 8.97. The van der Waals surface area contributed by atoms with Crippen LogP contribution in [0.1, 0.15) is 11.7 Å². The SMILES string of the molecule is NC1=c2ccoc2=NC(c2cccnc2)N1c1ccc(NS(=O)(=O)c2ccc(F)cc2)cc1. The van der Waals surface area contributed by atoms with Gasteiger partial charge in [0.15, 0.2) is 6.17 Å². The topological polar surface area (TPSA) is 114 Å². The molecule has 0 bridgehead atoms. The molecule has 0 aliphatic carbocycles. The summed E-state index contributed by atoms with van der Waals surface area (Å²) in [6.45, 7) is 0. The first-order valence-electron chi connectivity index (χ1n) is 9.91. The minimum absolute atomic E-state index is 0.0375. The first kappa shape index (κ1) is 20.7. The third-order valence-corrected chi connectivity index (χ3v) is 6.57. The van der Waals surface area contributed by atoms with Crippen LogP contribution in [0.4, 0.5) is 15.8 Å². The lowest BCUT2D eigenvalue weighted by molar-refractivity contribution is 0.483. The van der Waals surface area contributed by atoms with Gasteiger partial charge in [-0.25, -0.2) is 17.8 Å². The molecule has 0 spiro atoms. The Morgan fingerprint density at radius 2 is 1.79 bits per heavy atom. The summed E-state index contributed by atoms with van der Waals surface area (Å²) in [5, 5.41) is 0.663. The van der Waals surface area contributed by atoms with Crippen LogP contribution in [0.3, 0.4) is 0 Å². The monoisotopic (exact) mass is 463 g/mol. The average molecular weight is 463 g/mol. The third-order valence-electron chi connectivity index (χ3n) is 5.17. The van der Waals surface area contributed by atoms with E-state index in [0.29, 0.717) is 28.0 Å². The number of nitrogens with one attached hydrogen (secondary N) is 1. The van der Waals surface area contributed by atoms with E-state index in [1.807, 2.05) is 17.0 Å². The van der Waals surface area contributed by atoms with Crippen molar-refractivity contribution in [3.63, 3.8) is 0 Å².